The average molecular weight is 341 g/mol. The van der Waals surface area contributed by atoms with Crippen LogP contribution in [0.25, 0.3) is 0 Å². The highest BCUT2D eigenvalue weighted by Gasteiger charge is 2.29. The van der Waals surface area contributed by atoms with Crippen LogP contribution in [-0.4, -0.2) is 25.8 Å². The lowest BCUT2D eigenvalue weighted by atomic mass is 10.1. The second-order valence-corrected chi connectivity index (χ2v) is 7.00. The highest BCUT2D eigenvalue weighted by atomic mass is 32.2. The Balaban J connectivity index is 2.19. The van der Waals surface area contributed by atoms with E-state index in [2.05, 4.69) is 5.32 Å². The molecule has 0 saturated carbocycles. The normalized spacial score (nSPS) is 13.1. The standard InChI is InChI=1S/C16H17F2NO3S/c1-11-5-4-6-12(9-11)14(20)10-19-13-7-2-3-8-15(13)23(21,22)16(17)18/h2-9,14,16,19-20H,10H2,1H3. The van der Waals surface area contributed by atoms with Crippen LogP contribution in [0.3, 0.4) is 0 Å². The number of benzene rings is 2. The number of anilines is 1. The highest BCUT2D eigenvalue weighted by Crippen LogP contribution is 2.26. The van der Waals surface area contributed by atoms with Gasteiger partial charge in [0.15, 0.2) is 0 Å². The Morgan fingerprint density at radius 3 is 2.48 bits per heavy atom. The summed E-state index contributed by atoms with van der Waals surface area (Å²) < 4.78 is 48.8. The van der Waals surface area contributed by atoms with Crippen LogP contribution >= 0.6 is 0 Å². The fourth-order valence-corrected chi connectivity index (χ4v) is 3.07. The van der Waals surface area contributed by atoms with Crippen molar-refractivity contribution in [3.8, 4) is 0 Å². The molecule has 23 heavy (non-hydrogen) atoms. The van der Waals surface area contributed by atoms with E-state index >= 15 is 0 Å². The largest absolute Gasteiger partial charge is 0.387 e. The van der Waals surface area contributed by atoms with Crippen molar-refractivity contribution in [3.63, 3.8) is 0 Å². The molecule has 0 fully saturated rings. The molecular formula is C16H17F2NO3S. The third kappa shape index (κ3) is 4.05. The zero-order valence-corrected chi connectivity index (χ0v) is 13.2. The second-order valence-electron chi connectivity index (χ2n) is 5.11. The van der Waals surface area contributed by atoms with Crippen LogP contribution in [0.2, 0.25) is 0 Å². The fraction of sp³-hybridized carbons (Fsp3) is 0.250. The molecule has 4 nitrogen and oxygen atoms in total. The van der Waals surface area contributed by atoms with Gasteiger partial charge in [-0.1, -0.05) is 42.0 Å². The molecule has 0 amide bonds. The van der Waals surface area contributed by atoms with E-state index < -0.39 is 26.6 Å². The molecule has 1 atom stereocenters. The van der Waals surface area contributed by atoms with Crippen LogP contribution in [0.1, 0.15) is 17.2 Å². The average Bonchev–Trinajstić information content (AvgIpc) is 2.52. The topological polar surface area (TPSA) is 66.4 Å². The van der Waals surface area contributed by atoms with Gasteiger partial charge in [-0.05, 0) is 24.6 Å². The number of aryl methyl sites for hydroxylation is 1. The van der Waals surface area contributed by atoms with Gasteiger partial charge in [0, 0.05) is 6.54 Å². The number of aliphatic hydroxyl groups excluding tert-OH is 1. The fourth-order valence-electron chi connectivity index (χ4n) is 2.16. The van der Waals surface area contributed by atoms with E-state index in [9.17, 15) is 22.3 Å². The molecule has 0 aromatic heterocycles. The van der Waals surface area contributed by atoms with Gasteiger partial charge in [-0.25, -0.2) is 8.42 Å². The Morgan fingerprint density at radius 1 is 1.13 bits per heavy atom. The van der Waals surface area contributed by atoms with Crippen molar-refractivity contribution < 1.29 is 22.3 Å². The number of sulfone groups is 1. The summed E-state index contributed by atoms with van der Waals surface area (Å²) >= 11 is 0. The van der Waals surface area contributed by atoms with Crippen LogP contribution in [0.5, 0.6) is 0 Å². The summed E-state index contributed by atoms with van der Waals surface area (Å²) in [5, 5.41) is 12.9. The summed E-state index contributed by atoms with van der Waals surface area (Å²) in [6, 6.07) is 12.6. The molecule has 0 aliphatic rings. The van der Waals surface area contributed by atoms with Crippen LogP contribution in [-0.2, 0) is 9.84 Å². The monoisotopic (exact) mass is 341 g/mol. The molecular weight excluding hydrogens is 324 g/mol. The molecule has 0 aliphatic heterocycles. The Morgan fingerprint density at radius 2 is 1.83 bits per heavy atom. The summed E-state index contributed by atoms with van der Waals surface area (Å²) in [6.45, 7) is 1.88. The Bertz CT molecular complexity index is 778. The Labute approximate surface area is 133 Å². The van der Waals surface area contributed by atoms with Gasteiger partial charge in [0.1, 0.15) is 0 Å². The zero-order valence-electron chi connectivity index (χ0n) is 12.4. The molecule has 7 heteroatoms. The zero-order chi connectivity index (χ0) is 17.0. The van der Waals surface area contributed by atoms with Gasteiger partial charge in [-0.3, -0.25) is 0 Å². The Hall–Kier alpha value is -1.99. The molecule has 0 saturated heterocycles. The predicted octanol–water partition coefficient (Wildman–Crippen LogP) is 3.14. The van der Waals surface area contributed by atoms with Gasteiger partial charge in [0.05, 0.1) is 16.7 Å². The SMILES string of the molecule is Cc1cccc(C(O)CNc2ccccc2S(=O)(=O)C(F)F)c1. The van der Waals surface area contributed by atoms with Crippen LogP contribution in [0.4, 0.5) is 14.5 Å². The molecule has 0 spiro atoms. The van der Waals surface area contributed by atoms with Crippen molar-refractivity contribution in [3.05, 3.63) is 59.7 Å². The number of alkyl halides is 2. The summed E-state index contributed by atoms with van der Waals surface area (Å²) in [6.07, 6.45) is -0.891. The first-order chi connectivity index (χ1) is 10.8. The van der Waals surface area contributed by atoms with Gasteiger partial charge < -0.3 is 10.4 Å². The number of nitrogens with one attached hydrogen (secondary N) is 1. The minimum Gasteiger partial charge on any atom is -0.387 e. The van der Waals surface area contributed by atoms with Gasteiger partial charge >= 0.3 is 5.76 Å². The van der Waals surface area contributed by atoms with Crippen molar-refractivity contribution in [2.75, 3.05) is 11.9 Å². The number of rotatable bonds is 6. The first-order valence-corrected chi connectivity index (χ1v) is 8.46. The quantitative estimate of drug-likeness (QED) is 0.847. The van der Waals surface area contributed by atoms with Gasteiger partial charge in [-0.2, -0.15) is 8.78 Å². The van der Waals surface area contributed by atoms with E-state index in [0.29, 0.717) is 5.56 Å². The van der Waals surface area contributed by atoms with E-state index in [1.807, 2.05) is 13.0 Å². The van der Waals surface area contributed by atoms with Crippen LogP contribution in [0, 0.1) is 6.92 Å². The van der Waals surface area contributed by atoms with Gasteiger partial charge in [0.2, 0.25) is 9.84 Å². The number of hydrogen-bond donors (Lipinski definition) is 2. The third-order valence-electron chi connectivity index (χ3n) is 3.34. The van der Waals surface area contributed by atoms with E-state index in [4.69, 9.17) is 0 Å². The van der Waals surface area contributed by atoms with Crippen molar-refractivity contribution in [1.29, 1.82) is 0 Å². The lowest BCUT2D eigenvalue weighted by Gasteiger charge is -2.16. The van der Waals surface area contributed by atoms with Gasteiger partial charge in [0.25, 0.3) is 0 Å². The molecule has 2 rings (SSSR count). The number of para-hydroxylation sites is 1. The molecule has 2 aromatic carbocycles. The van der Waals surface area contributed by atoms with E-state index in [0.717, 1.165) is 11.6 Å². The molecule has 2 N–H and O–H groups in total. The summed E-state index contributed by atoms with van der Waals surface area (Å²) in [4.78, 5) is -0.480. The number of halogens is 2. The summed E-state index contributed by atoms with van der Waals surface area (Å²) in [7, 11) is -4.70. The first kappa shape index (κ1) is 17.4. The van der Waals surface area contributed by atoms with E-state index in [1.165, 1.54) is 18.2 Å². The predicted molar refractivity (Wildman–Crippen MR) is 84.3 cm³/mol. The number of aliphatic hydroxyl groups is 1. The first-order valence-electron chi connectivity index (χ1n) is 6.92. The lowest BCUT2D eigenvalue weighted by molar-refractivity contribution is 0.191. The maximum atomic E-state index is 12.7. The third-order valence-corrected chi connectivity index (χ3v) is 4.78. The molecule has 0 radical (unpaired) electrons. The highest BCUT2D eigenvalue weighted by molar-refractivity contribution is 7.91. The molecule has 2 aromatic rings. The van der Waals surface area contributed by atoms with Crippen LogP contribution in [0.15, 0.2) is 53.4 Å². The van der Waals surface area contributed by atoms with Gasteiger partial charge in [-0.15, -0.1) is 0 Å². The molecule has 1 unspecified atom stereocenters. The molecule has 124 valence electrons. The molecule has 0 aliphatic carbocycles. The summed E-state index contributed by atoms with van der Waals surface area (Å²) in [5.74, 6) is -3.49. The maximum absolute atomic E-state index is 12.7. The minimum atomic E-state index is -4.70. The maximum Gasteiger partial charge on any atom is 0.341 e. The lowest BCUT2D eigenvalue weighted by Crippen LogP contribution is -2.17. The van der Waals surface area contributed by atoms with Crippen LogP contribution < -0.4 is 5.32 Å². The van der Waals surface area contributed by atoms with Crippen molar-refractivity contribution in [1.82, 2.24) is 0 Å². The summed E-state index contributed by atoms with van der Waals surface area (Å²) in [5.41, 5.74) is 1.67. The second kappa shape index (κ2) is 7.06. The van der Waals surface area contributed by atoms with E-state index in [1.54, 1.807) is 18.2 Å². The smallest absolute Gasteiger partial charge is 0.341 e. The molecule has 0 bridgehead atoms. The van der Waals surface area contributed by atoms with Crippen molar-refractivity contribution in [2.24, 2.45) is 0 Å². The Kier molecular flexibility index (Phi) is 5.33. The number of hydrogen-bond acceptors (Lipinski definition) is 4. The van der Waals surface area contributed by atoms with Crippen molar-refractivity contribution in [2.45, 2.75) is 23.7 Å². The van der Waals surface area contributed by atoms with E-state index in [-0.39, 0.29) is 12.2 Å². The molecule has 0 heterocycles. The van der Waals surface area contributed by atoms with Crippen molar-refractivity contribution >= 4 is 15.5 Å². The minimum absolute atomic E-state index is 0.000769.